The number of amides is 1. The van der Waals surface area contributed by atoms with Gasteiger partial charge in [0.1, 0.15) is 5.82 Å². The fourth-order valence-corrected chi connectivity index (χ4v) is 4.56. The Morgan fingerprint density at radius 2 is 1.75 bits per heavy atom. The largest absolute Gasteiger partial charge is 0.340 e. The molecule has 28 heavy (non-hydrogen) atoms. The Morgan fingerprint density at radius 1 is 0.929 bits per heavy atom. The van der Waals surface area contributed by atoms with Crippen molar-refractivity contribution in [3.05, 3.63) is 59.7 Å². The zero-order chi connectivity index (χ0) is 18.9. The number of hydrogen-bond acceptors (Lipinski definition) is 3. The molecule has 0 saturated heterocycles. The van der Waals surface area contributed by atoms with E-state index >= 15 is 0 Å². The van der Waals surface area contributed by atoms with Crippen LogP contribution in [0.2, 0.25) is 0 Å². The van der Waals surface area contributed by atoms with Gasteiger partial charge in [-0.25, -0.2) is 4.98 Å². The highest BCUT2D eigenvalue weighted by molar-refractivity contribution is 6.02. The van der Waals surface area contributed by atoms with E-state index in [-0.39, 0.29) is 11.8 Å². The van der Waals surface area contributed by atoms with E-state index in [1.165, 1.54) is 24.0 Å². The van der Waals surface area contributed by atoms with Crippen LogP contribution in [0.5, 0.6) is 0 Å². The number of para-hydroxylation sites is 1. The Bertz CT molecular complexity index is 1040. The van der Waals surface area contributed by atoms with Crippen LogP contribution in [-0.2, 0) is 17.6 Å². The first kappa shape index (κ1) is 17.2. The number of rotatable bonds is 4. The molecule has 0 aliphatic heterocycles. The molecule has 1 aromatic heterocycles. The second kappa shape index (κ2) is 7.27. The summed E-state index contributed by atoms with van der Waals surface area (Å²) in [5.41, 5.74) is 5.67. The van der Waals surface area contributed by atoms with Gasteiger partial charge in [-0.2, -0.15) is 0 Å². The average molecular weight is 371 g/mol. The smallest absolute Gasteiger partial charge is 0.227 e. The van der Waals surface area contributed by atoms with Crippen molar-refractivity contribution in [3.8, 4) is 0 Å². The fraction of sp³-hybridized carbons (Fsp3) is 0.333. The topological polar surface area (TPSA) is 54.0 Å². The van der Waals surface area contributed by atoms with Crippen LogP contribution in [0.1, 0.15) is 43.2 Å². The molecule has 1 heterocycles. The Morgan fingerprint density at radius 3 is 2.64 bits per heavy atom. The molecule has 1 saturated carbocycles. The molecule has 0 atom stereocenters. The molecule has 2 aromatic carbocycles. The molecular formula is C24H25N3O. The molecule has 3 aromatic rings. The molecule has 142 valence electrons. The van der Waals surface area contributed by atoms with Gasteiger partial charge >= 0.3 is 0 Å². The number of anilines is 3. The Labute approximate surface area is 165 Å². The van der Waals surface area contributed by atoms with Crippen LogP contribution in [-0.4, -0.2) is 10.9 Å². The van der Waals surface area contributed by atoms with Crippen molar-refractivity contribution < 1.29 is 4.79 Å². The monoisotopic (exact) mass is 371 g/mol. The lowest BCUT2D eigenvalue weighted by molar-refractivity contribution is -0.119. The van der Waals surface area contributed by atoms with Crippen molar-refractivity contribution in [2.45, 2.75) is 44.9 Å². The van der Waals surface area contributed by atoms with Gasteiger partial charge in [0.2, 0.25) is 5.91 Å². The molecule has 1 amide bonds. The normalized spacial score (nSPS) is 16.3. The zero-order valence-corrected chi connectivity index (χ0v) is 16.0. The van der Waals surface area contributed by atoms with Crippen LogP contribution in [0.25, 0.3) is 10.9 Å². The van der Waals surface area contributed by atoms with Gasteiger partial charge in [0.05, 0.1) is 11.2 Å². The highest BCUT2D eigenvalue weighted by Crippen LogP contribution is 2.31. The maximum Gasteiger partial charge on any atom is 0.227 e. The first-order valence-corrected chi connectivity index (χ1v) is 10.4. The van der Waals surface area contributed by atoms with E-state index in [2.05, 4.69) is 28.8 Å². The van der Waals surface area contributed by atoms with Crippen LogP contribution in [0.15, 0.2) is 48.5 Å². The molecule has 2 aliphatic rings. The molecule has 4 heteroatoms. The van der Waals surface area contributed by atoms with Crippen LogP contribution in [0, 0.1) is 5.92 Å². The summed E-state index contributed by atoms with van der Waals surface area (Å²) in [7, 11) is 0. The highest BCUT2D eigenvalue weighted by atomic mass is 16.1. The predicted molar refractivity (Wildman–Crippen MR) is 114 cm³/mol. The first-order valence-electron chi connectivity index (χ1n) is 10.4. The van der Waals surface area contributed by atoms with Gasteiger partial charge in [-0.05, 0) is 61.4 Å². The van der Waals surface area contributed by atoms with Gasteiger partial charge in [0, 0.05) is 23.1 Å². The summed E-state index contributed by atoms with van der Waals surface area (Å²) in [4.78, 5) is 17.5. The standard InChI is InChI=1S/C24H25N3O/c28-24(17-6-1-2-7-17)27-22-15-23(26-21-11-4-3-10-20(21)22)25-19-13-12-16-8-5-9-18(16)14-19/h3-4,10-15,17H,1-2,5-9H2,(H2,25,26,27,28). The molecular weight excluding hydrogens is 346 g/mol. The van der Waals surface area contributed by atoms with Crippen LogP contribution in [0.4, 0.5) is 17.2 Å². The van der Waals surface area contributed by atoms with Crippen molar-refractivity contribution in [2.75, 3.05) is 10.6 Å². The minimum atomic E-state index is 0.136. The molecule has 0 radical (unpaired) electrons. The summed E-state index contributed by atoms with van der Waals surface area (Å²) in [6.07, 6.45) is 7.87. The van der Waals surface area contributed by atoms with Crippen molar-refractivity contribution in [3.63, 3.8) is 0 Å². The van der Waals surface area contributed by atoms with E-state index in [1.54, 1.807) is 0 Å². The third-order valence-corrected chi connectivity index (χ3v) is 6.07. The van der Waals surface area contributed by atoms with Crippen molar-refractivity contribution >= 4 is 34.0 Å². The number of carbonyl (C=O) groups excluding carboxylic acids is 1. The Hall–Kier alpha value is -2.88. The number of nitrogens with zero attached hydrogens (tertiary/aromatic N) is 1. The van der Waals surface area contributed by atoms with Gasteiger partial charge < -0.3 is 10.6 Å². The van der Waals surface area contributed by atoms with E-state index in [0.29, 0.717) is 0 Å². The van der Waals surface area contributed by atoms with E-state index < -0.39 is 0 Å². The minimum Gasteiger partial charge on any atom is -0.340 e. The second-order valence-corrected chi connectivity index (χ2v) is 8.00. The third-order valence-electron chi connectivity index (χ3n) is 6.07. The summed E-state index contributed by atoms with van der Waals surface area (Å²) in [5.74, 6) is 1.04. The fourth-order valence-electron chi connectivity index (χ4n) is 4.56. The number of fused-ring (bicyclic) bond motifs is 2. The molecule has 0 unspecified atom stereocenters. The molecule has 0 spiro atoms. The van der Waals surface area contributed by atoms with Crippen molar-refractivity contribution in [1.29, 1.82) is 0 Å². The molecule has 2 N–H and O–H groups in total. The second-order valence-electron chi connectivity index (χ2n) is 8.00. The summed E-state index contributed by atoms with van der Waals surface area (Å²) < 4.78 is 0. The number of carbonyl (C=O) groups is 1. The average Bonchev–Trinajstić information content (AvgIpc) is 3.39. The molecule has 5 rings (SSSR count). The van der Waals surface area contributed by atoms with E-state index in [4.69, 9.17) is 4.98 Å². The van der Waals surface area contributed by atoms with Gasteiger partial charge in [0.15, 0.2) is 0 Å². The predicted octanol–water partition coefficient (Wildman–Crippen LogP) is 5.60. The summed E-state index contributed by atoms with van der Waals surface area (Å²) in [6.45, 7) is 0. The van der Waals surface area contributed by atoms with Gasteiger partial charge in [-0.15, -0.1) is 0 Å². The molecule has 0 bridgehead atoms. The summed E-state index contributed by atoms with van der Waals surface area (Å²) >= 11 is 0. The summed E-state index contributed by atoms with van der Waals surface area (Å²) in [6, 6.07) is 16.5. The molecule has 4 nitrogen and oxygen atoms in total. The number of aromatic nitrogens is 1. The van der Waals surface area contributed by atoms with Crippen LogP contribution >= 0.6 is 0 Å². The van der Waals surface area contributed by atoms with Gasteiger partial charge in [0.25, 0.3) is 0 Å². The lowest BCUT2D eigenvalue weighted by Crippen LogP contribution is -2.20. The number of hydrogen-bond donors (Lipinski definition) is 2. The highest BCUT2D eigenvalue weighted by Gasteiger charge is 2.23. The maximum absolute atomic E-state index is 12.7. The molecule has 2 aliphatic carbocycles. The third kappa shape index (κ3) is 3.35. The lowest BCUT2D eigenvalue weighted by Gasteiger charge is -2.15. The minimum absolute atomic E-state index is 0.136. The maximum atomic E-state index is 12.7. The number of aryl methyl sites for hydroxylation is 2. The summed E-state index contributed by atoms with van der Waals surface area (Å²) in [5, 5.41) is 7.60. The zero-order valence-electron chi connectivity index (χ0n) is 16.0. The number of pyridine rings is 1. The quantitative estimate of drug-likeness (QED) is 0.628. The number of nitrogens with one attached hydrogen (secondary N) is 2. The Balaban J connectivity index is 1.46. The lowest BCUT2D eigenvalue weighted by atomic mass is 10.1. The van der Waals surface area contributed by atoms with E-state index in [0.717, 1.165) is 60.2 Å². The van der Waals surface area contributed by atoms with Gasteiger partial charge in [-0.3, -0.25) is 4.79 Å². The van der Waals surface area contributed by atoms with Gasteiger partial charge in [-0.1, -0.05) is 37.1 Å². The van der Waals surface area contributed by atoms with Crippen LogP contribution in [0.3, 0.4) is 0 Å². The number of benzene rings is 2. The SMILES string of the molecule is O=C(Nc1cc(Nc2ccc3c(c2)CCC3)nc2ccccc12)C1CCCC1. The van der Waals surface area contributed by atoms with E-state index in [9.17, 15) is 4.79 Å². The van der Waals surface area contributed by atoms with Crippen molar-refractivity contribution in [1.82, 2.24) is 4.98 Å². The van der Waals surface area contributed by atoms with E-state index in [1.807, 2.05) is 30.3 Å². The van der Waals surface area contributed by atoms with Crippen LogP contribution < -0.4 is 10.6 Å². The molecule has 1 fully saturated rings. The van der Waals surface area contributed by atoms with Crippen molar-refractivity contribution in [2.24, 2.45) is 5.92 Å². The first-order chi connectivity index (χ1) is 13.8. The Kier molecular flexibility index (Phi) is 4.47.